The number of benzene rings is 1. The van der Waals surface area contributed by atoms with Crippen LogP contribution in [0.1, 0.15) is 71.1 Å². The number of ether oxygens (including phenoxy) is 1. The number of nitrogens with zero attached hydrogens (tertiary/aromatic N) is 3. The number of hydrogen-bond acceptors (Lipinski definition) is 5. The molecule has 0 unspecified atom stereocenters. The molecule has 2 atom stereocenters. The Kier molecular flexibility index (Phi) is 6.14. The average Bonchev–Trinajstić information content (AvgIpc) is 3.44. The summed E-state index contributed by atoms with van der Waals surface area (Å²) in [7, 11) is 0. The van der Waals surface area contributed by atoms with Gasteiger partial charge in [0, 0.05) is 18.0 Å². The van der Waals surface area contributed by atoms with E-state index in [9.17, 15) is 14.4 Å². The molecule has 1 saturated carbocycles. The molecule has 2 aromatic rings. The van der Waals surface area contributed by atoms with Crippen molar-refractivity contribution in [1.82, 2.24) is 20.0 Å². The standard InChI is InChI=1S/C25H33N5O4/c1-24(2,3)30-20(26-23(33)34-15-16-9-7-6-8-10-16)14-19(28-30)17-11-12-18(13-17)29-21(31)25(4,5)27-22(29)32/h6-10,14,17-18H,11-13,15H2,1-5H3,(H,26,33)(H,27,32)/t17-,18-/m1/s1. The molecule has 9 nitrogen and oxygen atoms in total. The van der Waals surface area contributed by atoms with Crippen molar-refractivity contribution in [3.05, 3.63) is 47.7 Å². The summed E-state index contributed by atoms with van der Waals surface area (Å²) in [5.41, 5.74) is 0.498. The van der Waals surface area contributed by atoms with Crippen molar-refractivity contribution in [3.63, 3.8) is 0 Å². The van der Waals surface area contributed by atoms with Crippen LogP contribution in [-0.4, -0.2) is 44.3 Å². The van der Waals surface area contributed by atoms with E-state index in [2.05, 4.69) is 10.6 Å². The molecule has 0 radical (unpaired) electrons. The maximum Gasteiger partial charge on any atom is 0.413 e. The zero-order valence-corrected chi connectivity index (χ0v) is 20.4. The van der Waals surface area contributed by atoms with Gasteiger partial charge in [-0.3, -0.25) is 15.0 Å². The number of urea groups is 1. The van der Waals surface area contributed by atoms with Gasteiger partial charge in [-0.15, -0.1) is 0 Å². The number of carbonyl (C=O) groups excluding carboxylic acids is 3. The molecule has 1 aromatic carbocycles. The van der Waals surface area contributed by atoms with Crippen LogP contribution in [0.5, 0.6) is 0 Å². The van der Waals surface area contributed by atoms with E-state index in [1.54, 1.807) is 18.5 Å². The molecular formula is C25H33N5O4. The number of rotatable bonds is 5. The number of carbonyl (C=O) groups is 3. The van der Waals surface area contributed by atoms with E-state index in [1.807, 2.05) is 57.2 Å². The van der Waals surface area contributed by atoms with E-state index in [0.717, 1.165) is 24.1 Å². The average molecular weight is 468 g/mol. The Morgan fingerprint density at radius 3 is 2.53 bits per heavy atom. The fourth-order valence-electron chi connectivity index (χ4n) is 4.63. The van der Waals surface area contributed by atoms with Gasteiger partial charge in [0.25, 0.3) is 5.91 Å². The highest BCUT2D eigenvalue weighted by Gasteiger charge is 2.49. The Morgan fingerprint density at radius 1 is 1.21 bits per heavy atom. The summed E-state index contributed by atoms with van der Waals surface area (Å²) >= 11 is 0. The van der Waals surface area contributed by atoms with Gasteiger partial charge in [-0.25, -0.2) is 14.3 Å². The van der Waals surface area contributed by atoms with Crippen molar-refractivity contribution in [2.45, 2.75) is 83.5 Å². The smallest absolute Gasteiger partial charge is 0.413 e. The third-order valence-corrected chi connectivity index (χ3v) is 6.39. The van der Waals surface area contributed by atoms with Crippen molar-refractivity contribution in [2.75, 3.05) is 5.32 Å². The molecule has 182 valence electrons. The van der Waals surface area contributed by atoms with Gasteiger partial charge in [0.2, 0.25) is 0 Å². The van der Waals surface area contributed by atoms with Crippen LogP contribution >= 0.6 is 0 Å². The van der Waals surface area contributed by atoms with E-state index >= 15 is 0 Å². The molecular weight excluding hydrogens is 434 g/mol. The third-order valence-electron chi connectivity index (χ3n) is 6.39. The van der Waals surface area contributed by atoms with E-state index in [4.69, 9.17) is 9.84 Å². The van der Waals surface area contributed by atoms with Gasteiger partial charge < -0.3 is 10.1 Å². The van der Waals surface area contributed by atoms with Gasteiger partial charge in [0.1, 0.15) is 18.0 Å². The number of imide groups is 1. The zero-order valence-electron chi connectivity index (χ0n) is 20.4. The van der Waals surface area contributed by atoms with Crippen LogP contribution in [0.2, 0.25) is 0 Å². The van der Waals surface area contributed by atoms with Gasteiger partial charge in [0.15, 0.2) is 0 Å². The first-order chi connectivity index (χ1) is 16.0. The van der Waals surface area contributed by atoms with E-state index in [0.29, 0.717) is 12.2 Å². The maximum absolute atomic E-state index is 12.7. The number of nitrogens with one attached hydrogen (secondary N) is 2. The fraction of sp³-hybridized carbons (Fsp3) is 0.520. The lowest BCUT2D eigenvalue weighted by Gasteiger charge is -2.23. The molecule has 2 aliphatic rings. The highest BCUT2D eigenvalue weighted by Crippen LogP contribution is 2.39. The summed E-state index contributed by atoms with van der Waals surface area (Å²) in [4.78, 5) is 39.0. The van der Waals surface area contributed by atoms with Crippen LogP contribution in [0, 0.1) is 0 Å². The van der Waals surface area contributed by atoms with Gasteiger partial charge in [0.05, 0.1) is 11.2 Å². The summed E-state index contributed by atoms with van der Waals surface area (Å²) in [6.45, 7) is 9.65. The summed E-state index contributed by atoms with van der Waals surface area (Å²) < 4.78 is 7.17. The van der Waals surface area contributed by atoms with Crippen molar-refractivity contribution in [3.8, 4) is 0 Å². The van der Waals surface area contributed by atoms with E-state index in [1.165, 1.54) is 4.90 Å². The number of aromatic nitrogens is 2. The molecule has 1 aliphatic carbocycles. The summed E-state index contributed by atoms with van der Waals surface area (Å²) in [5.74, 6) is 0.450. The second kappa shape index (κ2) is 8.77. The topological polar surface area (TPSA) is 106 Å². The lowest BCUT2D eigenvalue weighted by molar-refractivity contribution is -0.131. The highest BCUT2D eigenvalue weighted by atomic mass is 16.5. The van der Waals surface area contributed by atoms with Crippen LogP contribution in [0.4, 0.5) is 15.4 Å². The molecule has 0 bridgehead atoms. The lowest BCUT2D eigenvalue weighted by atomic mass is 10.0. The maximum atomic E-state index is 12.7. The molecule has 2 fully saturated rings. The molecule has 2 heterocycles. The molecule has 1 aromatic heterocycles. The SMILES string of the molecule is CC1(C)NC(=O)N([C@@H]2CC[C@@H](c3cc(NC(=O)OCc4ccccc4)n(C(C)(C)C)n3)C2)C1=O. The van der Waals surface area contributed by atoms with Crippen molar-refractivity contribution in [1.29, 1.82) is 0 Å². The zero-order chi connectivity index (χ0) is 24.7. The number of anilines is 1. The first-order valence-electron chi connectivity index (χ1n) is 11.7. The predicted octanol–water partition coefficient (Wildman–Crippen LogP) is 4.35. The Hall–Kier alpha value is -3.36. The summed E-state index contributed by atoms with van der Waals surface area (Å²) in [6, 6.07) is 10.9. The number of hydrogen-bond donors (Lipinski definition) is 2. The van der Waals surface area contributed by atoms with Crippen molar-refractivity contribution in [2.24, 2.45) is 0 Å². The molecule has 9 heteroatoms. The second-order valence-electron chi connectivity index (χ2n) is 10.6. The Morgan fingerprint density at radius 2 is 1.91 bits per heavy atom. The Balaban J connectivity index is 1.46. The minimum Gasteiger partial charge on any atom is -0.444 e. The molecule has 4 amide bonds. The van der Waals surface area contributed by atoms with E-state index < -0.39 is 11.6 Å². The minimum absolute atomic E-state index is 0.0822. The van der Waals surface area contributed by atoms with Gasteiger partial charge in [-0.1, -0.05) is 30.3 Å². The molecule has 1 saturated heterocycles. The van der Waals surface area contributed by atoms with E-state index in [-0.39, 0.29) is 36.0 Å². The van der Waals surface area contributed by atoms with Crippen molar-refractivity contribution < 1.29 is 19.1 Å². The fourth-order valence-corrected chi connectivity index (χ4v) is 4.63. The van der Waals surface area contributed by atoms with Crippen LogP contribution in [-0.2, 0) is 21.7 Å². The lowest BCUT2D eigenvalue weighted by Crippen LogP contribution is -2.42. The van der Waals surface area contributed by atoms with Gasteiger partial charge >= 0.3 is 12.1 Å². The first kappa shape index (κ1) is 23.8. The van der Waals surface area contributed by atoms with Crippen LogP contribution in [0.15, 0.2) is 36.4 Å². The minimum atomic E-state index is -0.875. The molecule has 4 rings (SSSR count). The largest absolute Gasteiger partial charge is 0.444 e. The van der Waals surface area contributed by atoms with Crippen LogP contribution in [0.3, 0.4) is 0 Å². The number of amides is 4. The van der Waals surface area contributed by atoms with Crippen LogP contribution in [0.25, 0.3) is 0 Å². The third kappa shape index (κ3) is 4.78. The van der Waals surface area contributed by atoms with Crippen LogP contribution < -0.4 is 10.6 Å². The molecule has 0 spiro atoms. The monoisotopic (exact) mass is 467 g/mol. The van der Waals surface area contributed by atoms with Gasteiger partial charge in [-0.2, -0.15) is 5.10 Å². The predicted molar refractivity (Wildman–Crippen MR) is 127 cm³/mol. The van der Waals surface area contributed by atoms with Gasteiger partial charge in [-0.05, 0) is 59.4 Å². The molecule has 34 heavy (non-hydrogen) atoms. The molecule has 1 aliphatic heterocycles. The second-order valence-corrected chi connectivity index (χ2v) is 10.6. The molecule has 2 N–H and O–H groups in total. The Labute approximate surface area is 199 Å². The Bertz CT molecular complexity index is 1090. The summed E-state index contributed by atoms with van der Waals surface area (Å²) in [6.07, 6.45) is 1.63. The van der Waals surface area contributed by atoms with Crippen molar-refractivity contribution >= 4 is 23.8 Å². The quantitative estimate of drug-likeness (QED) is 0.636. The first-order valence-corrected chi connectivity index (χ1v) is 11.7. The highest BCUT2D eigenvalue weighted by molar-refractivity contribution is 6.06. The normalized spacial score (nSPS) is 22.1. The summed E-state index contributed by atoms with van der Waals surface area (Å²) in [5, 5.41) is 10.4.